The van der Waals surface area contributed by atoms with Crippen molar-refractivity contribution in [1.82, 2.24) is 5.32 Å². The zero-order chi connectivity index (χ0) is 66.8. The van der Waals surface area contributed by atoms with Crippen LogP contribution in [0.5, 0.6) is 0 Å². The SMILES string of the molecule is CCCCCCCCCCCCCCCCCCCCCCC/C=C/CC/C=C/CC/C=C/C(O)C(COC1OC(CO)C(OC2OC(CO)C(OC3OC(CO)C(O)C(O)C3O)C(O)C2O)C(O)C1O)NC(=O)CCCCCCCCCCCCCCCCCC. The standard InChI is InChI=1S/C73H135NO18/c1-3-5-7-9-11-13-15-17-19-21-22-23-24-25-26-27-28-29-30-31-32-33-34-35-36-38-40-42-44-46-48-50-57(78)56(74-61(79)51-49-47-45-43-41-39-37-20-18-16-14-12-10-8-6-4-2)55-87-71-67(85)64(82)69(59(53-76)89-71)92-73-68(86)65(83)70(60(54-77)90-73)91-72-66(84)63(81)62(80)58(52-75)88-72/h34-35,40,42,48,50,56-60,62-73,75-78,80-86H,3-33,36-39,41,43-47,49,51-55H2,1-2H3,(H,74,79)/b35-34+,42-40+,50-48+. The van der Waals surface area contributed by atoms with E-state index in [0.29, 0.717) is 12.8 Å². The summed E-state index contributed by atoms with van der Waals surface area (Å²) >= 11 is 0. The molecule has 0 aromatic rings. The minimum atomic E-state index is -1.98. The molecule has 0 saturated carbocycles. The van der Waals surface area contributed by atoms with Crippen LogP contribution in [-0.4, -0.2) is 193 Å². The first kappa shape index (κ1) is 84.2. The molecule has 17 atom stereocenters. The van der Waals surface area contributed by atoms with Crippen LogP contribution in [0.2, 0.25) is 0 Å². The Labute approximate surface area is 555 Å². The van der Waals surface area contributed by atoms with E-state index in [9.17, 15) is 61.0 Å². The second kappa shape index (κ2) is 55.0. The van der Waals surface area contributed by atoms with Gasteiger partial charge in [-0.1, -0.05) is 275 Å². The number of hydrogen-bond donors (Lipinski definition) is 12. The summed E-state index contributed by atoms with van der Waals surface area (Å²) in [7, 11) is 0. The van der Waals surface area contributed by atoms with Gasteiger partial charge in [0.15, 0.2) is 18.9 Å². The Bertz CT molecular complexity index is 1810. The molecule has 3 aliphatic heterocycles. The molecule has 3 rings (SSSR count). The van der Waals surface area contributed by atoms with Gasteiger partial charge >= 0.3 is 0 Å². The van der Waals surface area contributed by atoms with E-state index in [1.54, 1.807) is 6.08 Å². The quantitative estimate of drug-likeness (QED) is 0.0199. The van der Waals surface area contributed by atoms with Gasteiger partial charge < -0.3 is 89.9 Å². The third kappa shape index (κ3) is 36.0. The van der Waals surface area contributed by atoms with Gasteiger partial charge in [-0.2, -0.15) is 0 Å². The number of carbonyl (C=O) groups is 1. The van der Waals surface area contributed by atoms with Crippen LogP contribution < -0.4 is 5.32 Å². The summed E-state index contributed by atoms with van der Waals surface area (Å²) in [6.07, 6.45) is 38.6. The Balaban J connectivity index is 1.41. The number of ether oxygens (including phenoxy) is 6. The summed E-state index contributed by atoms with van der Waals surface area (Å²) in [5.74, 6) is -0.286. The van der Waals surface area contributed by atoms with Gasteiger partial charge in [0.05, 0.1) is 38.6 Å². The lowest BCUT2D eigenvalue weighted by Crippen LogP contribution is -2.66. The summed E-state index contributed by atoms with van der Waals surface area (Å²) in [5, 5.41) is 121. The summed E-state index contributed by atoms with van der Waals surface area (Å²) in [4.78, 5) is 13.4. The smallest absolute Gasteiger partial charge is 0.220 e. The first-order chi connectivity index (χ1) is 44.8. The van der Waals surface area contributed by atoms with Crippen LogP contribution in [0.1, 0.15) is 290 Å². The summed E-state index contributed by atoms with van der Waals surface area (Å²) < 4.78 is 34.3. The second-order valence-electron chi connectivity index (χ2n) is 26.7. The molecule has 0 radical (unpaired) electrons. The van der Waals surface area contributed by atoms with E-state index in [2.05, 4.69) is 43.5 Å². The summed E-state index contributed by atoms with van der Waals surface area (Å²) in [5.41, 5.74) is 0. The van der Waals surface area contributed by atoms with E-state index in [-0.39, 0.29) is 18.9 Å². The maximum Gasteiger partial charge on any atom is 0.220 e. The van der Waals surface area contributed by atoms with Gasteiger partial charge in [-0.25, -0.2) is 0 Å². The topological polar surface area (TPSA) is 307 Å². The molecular weight excluding hydrogens is 1180 g/mol. The van der Waals surface area contributed by atoms with E-state index >= 15 is 0 Å². The van der Waals surface area contributed by atoms with Crippen LogP contribution in [0.15, 0.2) is 36.5 Å². The molecule has 19 heteroatoms. The zero-order valence-electron chi connectivity index (χ0n) is 57.3. The molecule has 3 fully saturated rings. The molecule has 540 valence electrons. The molecule has 92 heavy (non-hydrogen) atoms. The Morgan fingerprint density at radius 3 is 1.09 bits per heavy atom. The second-order valence-corrected chi connectivity index (χ2v) is 26.7. The van der Waals surface area contributed by atoms with Crippen molar-refractivity contribution in [2.45, 2.75) is 394 Å². The zero-order valence-corrected chi connectivity index (χ0v) is 57.3. The molecule has 3 saturated heterocycles. The fourth-order valence-electron chi connectivity index (χ4n) is 12.6. The van der Waals surface area contributed by atoms with E-state index in [4.69, 9.17) is 28.4 Å². The number of hydrogen-bond acceptors (Lipinski definition) is 18. The van der Waals surface area contributed by atoms with Crippen molar-refractivity contribution < 1.29 is 89.4 Å². The van der Waals surface area contributed by atoms with Gasteiger partial charge in [-0.05, 0) is 44.9 Å². The van der Waals surface area contributed by atoms with Crippen LogP contribution in [0, 0.1) is 0 Å². The predicted molar refractivity (Wildman–Crippen MR) is 360 cm³/mol. The van der Waals surface area contributed by atoms with Crippen molar-refractivity contribution in [3.05, 3.63) is 36.5 Å². The van der Waals surface area contributed by atoms with Crippen LogP contribution in [-0.2, 0) is 33.2 Å². The van der Waals surface area contributed by atoms with Gasteiger partial charge in [-0.3, -0.25) is 4.79 Å². The van der Waals surface area contributed by atoms with Crippen molar-refractivity contribution in [1.29, 1.82) is 0 Å². The number of aliphatic hydroxyl groups is 11. The molecule has 12 N–H and O–H groups in total. The molecule has 0 aromatic carbocycles. The fraction of sp³-hybridized carbons (Fsp3) is 0.904. The van der Waals surface area contributed by atoms with Gasteiger partial charge in [0.1, 0.15) is 73.2 Å². The molecule has 0 bridgehead atoms. The van der Waals surface area contributed by atoms with E-state index in [0.717, 1.165) is 44.9 Å². The highest BCUT2D eigenvalue weighted by molar-refractivity contribution is 5.76. The first-order valence-electron chi connectivity index (χ1n) is 37.2. The number of nitrogens with one attached hydrogen (secondary N) is 1. The molecule has 3 aliphatic rings. The van der Waals surface area contributed by atoms with E-state index in [1.165, 1.54) is 212 Å². The number of unbranched alkanes of at least 4 members (excludes halogenated alkanes) is 38. The lowest BCUT2D eigenvalue weighted by Gasteiger charge is -2.48. The summed E-state index contributed by atoms with van der Waals surface area (Å²) in [6.45, 7) is 1.74. The van der Waals surface area contributed by atoms with Crippen LogP contribution >= 0.6 is 0 Å². The van der Waals surface area contributed by atoms with Gasteiger partial charge in [0.2, 0.25) is 5.91 Å². The lowest BCUT2D eigenvalue weighted by molar-refractivity contribution is -0.379. The molecule has 17 unspecified atom stereocenters. The molecule has 1 amide bonds. The maximum atomic E-state index is 13.4. The monoisotopic (exact) mass is 1310 g/mol. The number of rotatable bonds is 58. The Morgan fingerprint density at radius 2 is 0.696 bits per heavy atom. The molecular formula is C73H135NO18. The average molecular weight is 1310 g/mol. The maximum absolute atomic E-state index is 13.4. The third-order valence-corrected chi connectivity index (χ3v) is 18.7. The van der Waals surface area contributed by atoms with Crippen molar-refractivity contribution in [3.63, 3.8) is 0 Å². The number of aliphatic hydroxyl groups excluding tert-OH is 11. The first-order valence-corrected chi connectivity index (χ1v) is 37.2. The van der Waals surface area contributed by atoms with Gasteiger partial charge in [0, 0.05) is 6.42 Å². The molecule has 0 spiro atoms. The van der Waals surface area contributed by atoms with E-state index in [1.807, 2.05) is 6.08 Å². The largest absolute Gasteiger partial charge is 0.394 e. The Morgan fingerprint density at radius 1 is 0.380 bits per heavy atom. The molecule has 19 nitrogen and oxygen atoms in total. The lowest BCUT2D eigenvalue weighted by atomic mass is 9.96. The molecule has 3 heterocycles. The molecule has 0 aromatic heterocycles. The molecule has 0 aliphatic carbocycles. The minimum Gasteiger partial charge on any atom is -0.394 e. The number of allylic oxidation sites excluding steroid dienone is 5. The third-order valence-electron chi connectivity index (χ3n) is 18.7. The fourth-order valence-corrected chi connectivity index (χ4v) is 12.6. The highest BCUT2D eigenvalue weighted by Gasteiger charge is 2.53. The van der Waals surface area contributed by atoms with Crippen LogP contribution in [0.25, 0.3) is 0 Å². The van der Waals surface area contributed by atoms with Crippen molar-refractivity contribution in [2.75, 3.05) is 26.4 Å². The predicted octanol–water partition coefficient (Wildman–Crippen LogP) is 10.8. The number of carbonyl (C=O) groups excluding carboxylic acids is 1. The van der Waals surface area contributed by atoms with Crippen molar-refractivity contribution >= 4 is 5.91 Å². The van der Waals surface area contributed by atoms with Crippen LogP contribution in [0.3, 0.4) is 0 Å². The highest BCUT2D eigenvalue weighted by Crippen LogP contribution is 2.33. The van der Waals surface area contributed by atoms with Gasteiger partial charge in [-0.15, -0.1) is 0 Å². The normalized spacial score (nSPS) is 27.9. The number of amides is 1. The highest BCUT2D eigenvalue weighted by atomic mass is 16.8. The van der Waals surface area contributed by atoms with Crippen molar-refractivity contribution in [3.8, 4) is 0 Å². The Hall–Kier alpha value is -1.99. The summed E-state index contributed by atoms with van der Waals surface area (Å²) in [6, 6.07) is -0.994. The Kier molecular flexibility index (Phi) is 50.3. The van der Waals surface area contributed by atoms with Gasteiger partial charge in [0.25, 0.3) is 0 Å². The average Bonchev–Trinajstić information content (AvgIpc) is 0.859. The minimum absolute atomic E-state index is 0.236. The van der Waals surface area contributed by atoms with Crippen molar-refractivity contribution in [2.24, 2.45) is 0 Å². The van der Waals surface area contributed by atoms with E-state index < -0.39 is 124 Å². The van der Waals surface area contributed by atoms with Crippen LogP contribution in [0.4, 0.5) is 0 Å².